The van der Waals surface area contributed by atoms with Crippen LogP contribution in [0.25, 0.3) is 11.1 Å². The van der Waals surface area contributed by atoms with Crippen LogP contribution in [0.1, 0.15) is 49.1 Å². The topological polar surface area (TPSA) is 76.1 Å². The number of hydrogen-bond donors (Lipinski definition) is 1. The fourth-order valence-corrected chi connectivity index (χ4v) is 5.31. The fraction of sp³-hybridized carbons (Fsp3) is 0.440. The number of benzene rings is 2. The fourth-order valence-electron chi connectivity index (χ4n) is 5.31. The molecule has 1 saturated heterocycles. The molecule has 1 N–H and O–H groups in total. The van der Waals surface area contributed by atoms with Gasteiger partial charge >= 0.3 is 12.1 Å². The molecule has 0 radical (unpaired) electrons. The van der Waals surface area contributed by atoms with E-state index in [1.165, 1.54) is 4.90 Å². The molecule has 2 unspecified atom stereocenters. The lowest BCUT2D eigenvalue weighted by molar-refractivity contribution is -0.141. The summed E-state index contributed by atoms with van der Waals surface area (Å²) in [5.41, 5.74) is 4.59. The van der Waals surface area contributed by atoms with Gasteiger partial charge in [0.05, 0.1) is 18.8 Å². The Kier molecular flexibility index (Phi) is 5.40. The second-order valence-corrected chi connectivity index (χ2v) is 8.71. The van der Waals surface area contributed by atoms with Crippen LogP contribution >= 0.6 is 0 Å². The summed E-state index contributed by atoms with van der Waals surface area (Å²) in [7, 11) is 0. The van der Waals surface area contributed by atoms with E-state index < -0.39 is 18.1 Å². The van der Waals surface area contributed by atoms with Gasteiger partial charge in [-0.3, -0.25) is 4.90 Å². The molecule has 31 heavy (non-hydrogen) atoms. The van der Waals surface area contributed by atoms with Crippen molar-refractivity contribution >= 4 is 12.1 Å². The molecule has 1 amide bonds. The van der Waals surface area contributed by atoms with Crippen molar-refractivity contribution in [3.05, 3.63) is 59.7 Å². The molecular formula is C25H27NO5. The summed E-state index contributed by atoms with van der Waals surface area (Å²) >= 11 is 0. The highest BCUT2D eigenvalue weighted by atomic mass is 16.6. The molecule has 1 saturated carbocycles. The Hall–Kier alpha value is -2.86. The second-order valence-electron chi connectivity index (χ2n) is 8.71. The number of rotatable bonds is 5. The first kappa shape index (κ1) is 20.1. The molecule has 2 fully saturated rings. The van der Waals surface area contributed by atoms with Gasteiger partial charge in [-0.25, -0.2) is 9.59 Å². The van der Waals surface area contributed by atoms with Gasteiger partial charge in [-0.05, 0) is 35.1 Å². The van der Waals surface area contributed by atoms with Gasteiger partial charge in [0.1, 0.15) is 12.6 Å². The highest BCUT2D eigenvalue weighted by Crippen LogP contribution is 2.44. The number of nitrogens with zero attached hydrogens (tertiary/aromatic N) is 1. The van der Waals surface area contributed by atoms with E-state index in [0.717, 1.165) is 47.9 Å². The summed E-state index contributed by atoms with van der Waals surface area (Å²) in [5.74, 6) is -1.06. The Balaban J connectivity index is 1.28. The zero-order valence-corrected chi connectivity index (χ0v) is 17.4. The monoisotopic (exact) mass is 421 g/mol. The van der Waals surface area contributed by atoms with Crippen LogP contribution < -0.4 is 0 Å². The van der Waals surface area contributed by atoms with Crippen LogP contribution in [-0.4, -0.2) is 53.5 Å². The van der Waals surface area contributed by atoms with E-state index in [-0.39, 0.29) is 31.3 Å². The third kappa shape index (κ3) is 3.81. The minimum absolute atomic E-state index is 0.0484. The summed E-state index contributed by atoms with van der Waals surface area (Å²) in [5, 5.41) is 9.65. The van der Waals surface area contributed by atoms with Crippen LogP contribution in [-0.2, 0) is 14.3 Å². The van der Waals surface area contributed by atoms with Crippen LogP contribution in [0.15, 0.2) is 48.5 Å². The maximum Gasteiger partial charge on any atom is 0.410 e. The number of carboxylic acids is 1. The number of carboxylic acid groups (broad SMARTS) is 1. The van der Waals surface area contributed by atoms with E-state index in [4.69, 9.17) is 9.47 Å². The van der Waals surface area contributed by atoms with E-state index in [2.05, 4.69) is 24.3 Å². The molecule has 5 rings (SSSR count). The first-order valence-corrected chi connectivity index (χ1v) is 11.1. The number of carbonyl (C=O) groups excluding carboxylic acids is 1. The molecule has 6 heteroatoms. The van der Waals surface area contributed by atoms with Gasteiger partial charge < -0.3 is 14.6 Å². The molecule has 2 atom stereocenters. The molecule has 1 aliphatic heterocycles. The number of aliphatic carboxylic acids is 1. The molecule has 3 aliphatic rings. The Labute approximate surface area is 181 Å². The van der Waals surface area contributed by atoms with Gasteiger partial charge in [0, 0.05) is 12.3 Å². The molecule has 0 bridgehead atoms. The average molecular weight is 421 g/mol. The lowest BCUT2D eigenvalue weighted by atomic mass is 9.98. The highest BCUT2D eigenvalue weighted by molar-refractivity contribution is 5.81. The van der Waals surface area contributed by atoms with Crippen LogP contribution in [0, 0.1) is 0 Å². The number of amides is 1. The van der Waals surface area contributed by atoms with Gasteiger partial charge in [0.15, 0.2) is 0 Å². The van der Waals surface area contributed by atoms with Crippen LogP contribution in [0.4, 0.5) is 4.79 Å². The predicted molar refractivity (Wildman–Crippen MR) is 115 cm³/mol. The molecule has 6 nitrogen and oxygen atoms in total. The van der Waals surface area contributed by atoms with Crippen LogP contribution in [0.5, 0.6) is 0 Å². The van der Waals surface area contributed by atoms with Crippen LogP contribution in [0.2, 0.25) is 0 Å². The highest BCUT2D eigenvalue weighted by Gasteiger charge is 2.42. The number of carbonyl (C=O) groups is 2. The molecule has 2 aliphatic carbocycles. The van der Waals surface area contributed by atoms with Gasteiger partial charge in [-0.15, -0.1) is 0 Å². The molecule has 2 aromatic rings. The minimum atomic E-state index is -1.01. The van der Waals surface area contributed by atoms with Crippen molar-refractivity contribution in [1.82, 2.24) is 4.90 Å². The Morgan fingerprint density at radius 3 is 2.16 bits per heavy atom. The number of fused-ring (bicyclic) bond motifs is 3. The smallest absolute Gasteiger partial charge is 0.410 e. The van der Waals surface area contributed by atoms with Crippen molar-refractivity contribution in [3.8, 4) is 11.1 Å². The molecule has 162 valence electrons. The summed E-state index contributed by atoms with van der Waals surface area (Å²) in [4.78, 5) is 26.0. The van der Waals surface area contributed by atoms with E-state index in [0.29, 0.717) is 6.42 Å². The third-order valence-electron chi connectivity index (χ3n) is 6.81. The number of hydrogen-bond acceptors (Lipinski definition) is 4. The number of ether oxygens (including phenoxy) is 2. The minimum Gasteiger partial charge on any atom is -0.480 e. The maximum atomic E-state index is 12.9. The molecule has 0 aromatic heterocycles. The van der Waals surface area contributed by atoms with Gasteiger partial charge in [-0.2, -0.15) is 0 Å². The molecule has 1 heterocycles. The first-order valence-electron chi connectivity index (χ1n) is 11.1. The van der Waals surface area contributed by atoms with Crippen molar-refractivity contribution in [1.29, 1.82) is 0 Å². The third-order valence-corrected chi connectivity index (χ3v) is 6.81. The van der Waals surface area contributed by atoms with Crippen molar-refractivity contribution in [2.24, 2.45) is 0 Å². The van der Waals surface area contributed by atoms with Gasteiger partial charge in [0.2, 0.25) is 0 Å². The zero-order chi connectivity index (χ0) is 21.4. The molecular weight excluding hydrogens is 394 g/mol. The van der Waals surface area contributed by atoms with Gasteiger partial charge in [-0.1, -0.05) is 61.4 Å². The quantitative estimate of drug-likeness (QED) is 0.773. The second kappa shape index (κ2) is 8.35. The van der Waals surface area contributed by atoms with Crippen molar-refractivity contribution in [3.63, 3.8) is 0 Å². The molecule has 2 aromatic carbocycles. The summed E-state index contributed by atoms with van der Waals surface area (Å²) in [6.07, 6.45) is 4.00. The van der Waals surface area contributed by atoms with Gasteiger partial charge in [0.25, 0.3) is 0 Å². The average Bonchev–Trinajstić information content (AvgIpc) is 3.50. The zero-order valence-electron chi connectivity index (χ0n) is 17.4. The lowest BCUT2D eigenvalue weighted by Crippen LogP contribution is -2.41. The Morgan fingerprint density at radius 2 is 1.55 bits per heavy atom. The largest absolute Gasteiger partial charge is 0.480 e. The maximum absolute atomic E-state index is 12.9. The first-order chi connectivity index (χ1) is 15.1. The SMILES string of the molecule is O=C(O)C1CC(OC2CCCC2)CN1C(=O)OCC1c2ccccc2-c2ccccc21. The van der Waals surface area contributed by atoms with E-state index in [1.807, 2.05) is 24.3 Å². The lowest BCUT2D eigenvalue weighted by Gasteiger charge is -2.22. The standard InChI is InChI=1S/C25H27NO5/c27-24(28)23-13-17(31-16-7-1-2-8-16)14-26(23)25(29)30-15-22-20-11-5-3-9-18(20)19-10-4-6-12-21(19)22/h3-6,9-12,16-17,22-23H,1-2,7-8,13-15H2,(H,27,28). The summed E-state index contributed by atoms with van der Waals surface area (Å²) in [6, 6.07) is 15.4. The van der Waals surface area contributed by atoms with E-state index in [9.17, 15) is 14.7 Å². The Morgan fingerprint density at radius 1 is 0.935 bits per heavy atom. The molecule has 0 spiro atoms. The normalized spacial score (nSPS) is 23.0. The van der Waals surface area contributed by atoms with Crippen molar-refractivity contribution < 1.29 is 24.2 Å². The van der Waals surface area contributed by atoms with Crippen molar-refractivity contribution in [2.75, 3.05) is 13.2 Å². The van der Waals surface area contributed by atoms with E-state index in [1.54, 1.807) is 0 Å². The van der Waals surface area contributed by atoms with Crippen LogP contribution in [0.3, 0.4) is 0 Å². The Bertz CT molecular complexity index is 938. The van der Waals surface area contributed by atoms with E-state index >= 15 is 0 Å². The summed E-state index contributed by atoms with van der Waals surface area (Å²) in [6.45, 7) is 0.452. The predicted octanol–water partition coefficient (Wildman–Crippen LogP) is 4.42. The number of likely N-dealkylation sites (tertiary alicyclic amines) is 1. The summed E-state index contributed by atoms with van der Waals surface area (Å²) < 4.78 is 11.8. The van der Waals surface area contributed by atoms with Crippen molar-refractivity contribution in [2.45, 2.75) is 56.3 Å².